The fourth-order valence-corrected chi connectivity index (χ4v) is 2.97. The van der Waals surface area contributed by atoms with Crippen LogP contribution >= 0.6 is 0 Å². The molecule has 0 aromatic carbocycles. The quantitative estimate of drug-likeness (QED) is 0.864. The molecule has 2 aromatic heterocycles. The second kappa shape index (κ2) is 5.79. The Labute approximate surface area is 123 Å². The third kappa shape index (κ3) is 2.75. The van der Waals surface area contributed by atoms with Gasteiger partial charge in [-0.1, -0.05) is 6.92 Å². The third-order valence-corrected chi connectivity index (χ3v) is 4.10. The third-order valence-electron chi connectivity index (χ3n) is 4.10. The van der Waals surface area contributed by atoms with Gasteiger partial charge in [-0.25, -0.2) is 19.3 Å². The van der Waals surface area contributed by atoms with Crippen LogP contribution in [0.4, 0.5) is 10.2 Å². The lowest BCUT2D eigenvalue weighted by Gasteiger charge is -2.29. The molecular formula is C15H20FN5. The van der Waals surface area contributed by atoms with E-state index >= 15 is 0 Å². The molecule has 1 aliphatic rings. The lowest BCUT2D eigenvalue weighted by atomic mass is 9.99. The molecule has 0 fully saturated rings. The van der Waals surface area contributed by atoms with Crippen molar-refractivity contribution in [2.45, 2.75) is 32.7 Å². The number of fused-ring (bicyclic) bond motifs is 1. The van der Waals surface area contributed by atoms with Crippen LogP contribution in [0.15, 0.2) is 18.7 Å². The number of rotatable bonds is 4. The lowest BCUT2D eigenvalue weighted by Crippen LogP contribution is -2.32. The number of halogens is 1. The number of nitrogens with zero attached hydrogens (tertiary/aromatic N) is 5. The van der Waals surface area contributed by atoms with Crippen LogP contribution in [0.2, 0.25) is 0 Å². The maximum atomic E-state index is 14.3. The predicted octanol–water partition coefficient (Wildman–Crippen LogP) is 2.07. The van der Waals surface area contributed by atoms with Gasteiger partial charge in [0.25, 0.3) is 0 Å². The Kier molecular flexibility index (Phi) is 3.86. The highest BCUT2D eigenvalue weighted by atomic mass is 19.1. The maximum Gasteiger partial charge on any atom is 0.187 e. The molecule has 112 valence electrons. The Morgan fingerprint density at radius 3 is 3.05 bits per heavy atom. The molecule has 3 rings (SSSR count). The topological polar surface area (TPSA) is 46.8 Å². The van der Waals surface area contributed by atoms with Gasteiger partial charge < -0.3 is 9.47 Å². The van der Waals surface area contributed by atoms with E-state index in [1.54, 1.807) is 0 Å². The largest absolute Gasteiger partial charge is 0.357 e. The van der Waals surface area contributed by atoms with Crippen LogP contribution < -0.4 is 4.90 Å². The van der Waals surface area contributed by atoms with Crippen LogP contribution in [-0.4, -0.2) is 33.1 Å². The zero-order chi connectivity index (χ0) is 14.8. The lowest BCUT2D eigenvalue weighted by molar-refractivity contribution is 0.367. The molecule has 0 radical (unpaired) electrons. The van der Waals surface area contributed by atoms with E-state index in [-0.39, 0.29) is 5.82 Å². The molecule has 0 spiro atoms. The number of hydrogen-bond donors (Lipinski definition) is 0. The SMILES string of the molecule is CCc1ncnc(N(C)CC2CCc3nccn3C2)c1F. The Morgan fingerprint density at radius 2 is 2.24 bits per heavy atom. The van der Waals surface area contributed by atoms with Gasteiger partial charge in [0.2, 0.25) is 0 Å². The first-order valence-electron chi connectivity index (χ1n) is 7.39. The molecular weight excluding hydrogens is 269 g/mol. The molecule has 1 unspecified atom stereocenters. The summed E-state index contributed by atoms with van der Waals surface area (Å²) < 4.78 is 16.5. The van der Waals surface area contributed by atoms with Crippen LogP contribution in [0, 0.1) is 11.7 Å². The molecule has 21 heavy (non-hydrogen) atoms. The average Bonchev–Trinajstić information content (AvgIpc) is 2.95. The monoisotopic (exact) mass is 289 g/mol. The standard InChI is InChI=1S/C15H20FN5/c1-3-12-14(16)15(19-10-18-12)20(2)8-11-4-5-13-17-6-7-21(13)9-11/h6-7,10-11H,3-5,8-9H2,1-2H3. The summed E-state index contributed by atoms with van der Waals surface area (Å²) in [5.74, 6) is 1.74. The fraction of sp³-hybridized carbons (Fsp3) is 0.533. The van der Waals surface area contributed by atoms with Gasteiger partial charge in [-0.2, -0.15) is 0 Å². The molecule has 0 N–H and O–H groups in total. The van der Waals surface area contributed by atoms with E-state index in [4.69, 9.17) is 0 Å². The van der Waals surface area contributed by atoms with E-state index in [1.165, 1.54) is 6.33 Å². The van der Waals surface area contributed by atoms with Crippen molar-refractivity contribution < 1.29 is 4.39 Å². The van der Waals surface area contributed by atoms with Crippen molar-refractivity contribution in [3.05, 3.63) is 36.1 Å². The maximum absolute atomic E-state index is 14.3. The first-order valence-corrected chi connectivity index (χ1v) is 7.39. The minimum absolute atomic E-state index is 0.290. The summed E-state index contributed by atoms with van der Waals surface area (Å²) in [5, 5.41) is 0. The van der Waals surface area contributed by atoms with Gasteiger partial charge in [-0.3, -0.25) is 0 Å². The molecule has 2 aromatic rings. The molecule has 0 saturated heterocycles. The summed E-state index contributed by atoms with van der Waals surface area (Å²) >= 11 is 0. The van der Waals surface area contributed by atoms with Crippen molar-refractivity contribution >= 4 is 5.82 Å². The minimum atomic E-state index is -0.290. The normalized spacial score (nSPS) is 17.6. The van der Waals surface area contributed by atoms with Gasteiger partial charge in [0.05, 0.1) is 5.69 Å². The van der Waals surface area contributed by atoms with Gasteiger partial charge in [0, 0.05) is 39.0 Å². The van der Waals surface area contributed by atoms with Crippen molar-refractivity contribution in [3.63, 3.8) is 0 Å². The Balaban J connectivity index is 1.71. The van der Waals surface area contributed by atoms with E-state index in [0.717, 1.165) is 31.8 Å². The molecule has 3 heterocycles. The summed E-state index contributed by atoms with van der Waals surface area (Å²) in [7, 11) is 1.90. The predicted molar refractivity (Wildman–Crippen MR) is 78.7 cm³/mol. The highest BCUT2D eigenvalue weighted by Crippen LogP contribution is 2.23. The molecule has 0 aliphatic carbocycles. The first kappa shape index (κ1) is 14.0. The van der Waals surface area contributed by atoms with Crippen LogP contribution in [0.25, 0.3) is 0 Å². The molecule has 0 saturated carbocycles. The van der Waals surface area contributed by atoms with Crippen molar-refractivity contribution in [1.82, 2.24) is 19.5 Å². The van der Waals surface area contributed by atoms with E-state index in [9.17, 15) is 4.39 Å². The summed E-state index contributed by atoms with van der Waals surface area (Å²) in [4.78, 5) is 14.3. The second-order valence-corrected chi connectivity index (χ2v) is 5.59. The van der Waals surface area contributed by atoms with E-state index in [2.05, 4.69) is 19.5 Å². The van der Waals surface area contributed by atoms with E-state index < -0.39 is 0 Å². The number of aryl methyl sites for hydroxylation is 2. The van der Waals surface area contributed by atoms with Gasteiger partial charge >= 0.3 is 0 Å². The van der Waals surface area contributed by atoms with E-state index in [0.29, 0.717) is 23.9 Å². The minimum Gasteiger partial charge on any atom is -0.357 e. The van der Waals surface area contributed by atoms with Gasteiger partial charge in [0.1, 0.15) is 12.2 Å². The highest BCUT2D eigenvalue weighted by Gasteiger charge is 2.22. The Hall–Kier alpha value is -1.98. The van der Waals surface area contributed by atoms with Crippen molar-refractivity contribution in [1.29, 1.82) is 0 Å². The first-order chi connectivity index (χ1) is 10.2. The molecule has 1 aliphatic heterocycles. The van der Waals surface area contributed by atoms with Crippen LogP contribution in [-0.2, 0) is 19.4 Å². The zero-order valence-electron chi connectivity index (χ0n) is 12.5. The Bertz CT molecular complexity index is 624. The number of hydrogen-bond acceptors (Lipinski definition) is 4. The van der Waals surface area contributed by atoms with Crippen LogP contribution in [0.1, 0.15) is 24.9 Å². The van der Waals surface area contributed by atoms with Gasteiger partial charge in [0.15, 0.2) is 11.6 Å². The van der Waals surface area contributed by atoms with Crippen molar-refractivity contribution in [2.75, 3.05) is 18.5 Å². The molecule has 0 amide bonds. The summed E-state index contributed by atoms with van der Waals surface area (Å²) in [6.07, 6.45) is 7.95. The molecule has 1 atom stereocenters. The number of imidazole rings is 1. The van der Waals surface area contributed by atoms with Crippen LogP contribution in [0.3, 0.4) is 0 Å². The van der Waals surface area contributed by atoms with Gasteiger partial charge in [-0.15, -0.1) is 0 Å². The average molecular weight is 289 g/mol. The van der Waals surface area contributed by atoms with Crippen LogP contribution in [0.5, 0.6) is 0 Å². The number of anilines is 1. The van der Waals surface area contributed by atoms with E-state index in [1.807, 2.05) is 31.3 Å². The van der Waals surface area contributed by atoms with Crippen molar-refractivity contribution in [2.24, 2.45) is 5.92 Å². The summed E-state index contributed by atoms with van der Waals surface area (Å²) in [5.41, 5.74) is 0.479. The molecule has 0 bridgehead atoms. The highest BCUT2D eigenvalue weighted by molar-refractivity contribution is 5.40. The summed E-state index contributed by atoms with van der Waals surface area (Å²) in [6, 6.07) is 0. The van der Waals surface area contributed by atoms with Gasteiger partial charge in [-0.05, 0) is 18.8 Å². The number of aromatic nitrogens is 4. The Morgan fingerprint density at radius 1 is 1.38 bits per heavy atom. The fourth-order valence-electron chi connectivity index (χ4n) is 2.97. The smallest absolute Gasteiger partial charge is 0.187 e. The van der Waals surface area contributed by atoms with Crippen molar-refractivity contribution in [3.8, 4) is 0 Å². The second-order valence-electron chi connectivity index (χ2n) is 5.59. The zero-order valence-corrected chi connectivity index (χ0v) is 12.5. The summed E-state index contributed by atoms with van der Waals surface area (Å²) in [6.45, 7) is 3.62. The molecule has 6 heteroatoms. The molecule has 5 nitrogen and oxygen atoms in total.